The maximum absolute atomic E-state index is 3.49. The van der Waals surface area contributed by atoms with E-state index in [9.17, 15) is 0 Å². The first-order chi connectivity index (χ1) is 9.29. The molecule has 0 amide bonds. The van der Waals surface area contributed by atoms with E-state index >= 15 is 0 Å². The number of rotatable bonds is 2. The molecule has 3 aromatic rings. The van der Waals surface area contributed by atoms with Gasteiger partial charge in [-0.3, -0.25) is 0 Å². The van der Waals surface area contributed by atoms with E-state index in [0.717, 1.165) is 0 Å². The van der Waals surface area contributed by atoms with Crippen molar-refractivity contribution in [3.63, 3.8) is 0 Å². The molecule has 0 radical (unpaired) electrons. The molecule has 0 aliphatic carbocycles. The van der Waals surface area contributed by atoms with Crippen LogP contribution in [0.3, 0.4) is 0 Å². The molecule has 0 saturated heterocycles. The first-order valence-electron chi connectivity index (χ1n) is 6.60. The van der Waals surface area contributed by atoms with Gasteiger partial charge in [-0.25, -0.2) is 0 Å². The van der Waals surface area contributed by atoms with Crippen LogP contribution >= 0.6 is 0 Å². The molecule has 0 spiro atoms. The third kappa shape index (κ3) is 2.08. The fourth-order valence-electron chi connectivity index (χ4n) is 2.50. The largest absolute Gasteiger partial charge is 0.355 e. The van der Waals surface area contributed by atoms with Crippen molar-refractivity contribution < 1.29 is 0 Å². The first kappa shape index (κ1) is 11.8. The monoisotopic (exact) mass is 247 g/mol. The van der Waals surface area contributed by atoms with Crippen LogP contribution in [0, 0.1) is 6.92 Å². The maximum Gasteiger partial charge on any atom is 0.0467 e. The molecule has 0 unspecified atom stereocenters. The molecule has 0 bridgehead atoms. The predicted molar refractivity (Wildman–Crippen MR) is 83.2 cm³/mol. The van der Waals surface area contributed by atoms with Gasteiger partial charge in [0.2, 0.25) is 0 Å². The predicted octanol–water partition coefficient (Wildman–Crippen LogP) is 5.18. The molecule has 1 heteroatoms. The molecule has 2 aromatic carbocycles. The smallest absolute Gasteiger partial charge is 0.0467 e. The Labute approximate surface area is 113 Å². The van der Waals surface area contributed by atoms with Crippen LogP contribution in [0.4, 0.5) is 0 Å². The number of nitrogens with one attached hydrogen (secondary N) is 1. The van der Waals surface area contributed by atoms with Gasteiger partial charge in [-0.1, -0.05) is 48.5 Å². The van der Waals surface area contributed by atoms with E-state index in [0.29, 0.717) is 0 Å². The summed E-state index contributed by atoms with van der Waals surface area (Å²) < 4.78 is 0. The fourth-order valence-corrected chi connectivity index (χ4v) is 2.50. The number of aromatic nitrogens is 1. The van der Waals surface area contributed by atoms with Crippen LogP contribution < -0.4 is 0 Å². The highest BCUT2D eigenvalue weighted by Crippen LogP contribution is 2.28. The lowest BCUT2D eigenvalue weighted by Gasteiger charge is -2.01. The van der Waals surface area contributed by atoms with E-state index in [4.69, 9.17) is 0 Å². The number of fused-ring (bicyclic) bond motifs is 1. The minimum atomic E-state index is 1.20. The van der Waals surface area contributed by atoms with Crippen LogP contribution in [-0.4, -0.2) is 4.98 Å². The van der Waals surface area contributed by atoms with Crippen molar-refractivity contribution in [2.24, 2.45) is 0 Å². The number of aryl methyl sites for hydroxylation is 1. The third-order valence-corrected chi connectivity index (χ3v) is 3.54. The zero-order valence-corrected chi connectivity index (χ0v) is 11.3. The van der Waals surface area contributed by atoms with Gasteiger partial charge in [-0.2, -0.15) is 0 Å². The topological polar surface area (TPSA) is 15.8 Å². The van der Waals surface area contributed by atoms with Gasteiger partial charge in [0.25, 0.3) is 0 Å². The highest BCUT2D eigenvalue weighted by Gasteiger charge is 2.06. The van der Waals surface area contributed by atoms with Crippen LogP contribution in [0.5, 0.6) is 0 Å². The number of hydrogen-bond donors (Lipinski definition) is 1. The summed E-state index contributed by atoms with van der Waals surface area (Å²) in [7, 11) is 0. The molecule has 0 aliphatic rings. The van der Waals surface area contributed by atoms with Gasteiger partial charge in [0.15, 0.2) is 0 Å². The zero-order valence-electron chi connectivity index (χ0n) is 11.3. The van der Waals surface area contributed by atoms with Gasteiger partial charge >= 0.3 is 0 Å². The lowest BCUT2D eigenvalue weighted by Crippen LogP contribution is -1.77. The number of aromatic amines is 1. The van der Waals surface area contributed by atoms with E-state index in [1.165, 1.54) is 33.3 Å². The molecular weight excluding hydrogens is 230 g/mol. The van der Waals surface area contributed by atoms with E-state index in [1.54, 1.807) is 0 Å². The summed E-state index contributed by atoms with van der Waals surface area (Å²) in [5, 5.41) is 1.30. The van der Waals surface area contributed by atoms with Crippen molar-refractivity contribution in [3.8, 4) is 11.1 Å². The zero-order chi connectivity index (χ0) is 13.2. The van der Waals surface area contributed by atoms with Crippen LogP contribution in [0.15, 0.2) is 54.6 Å². The Morgan fingerprint density at radius 2 is 1.74 bits per heavy atom. The van der Waals surface area contributed by atoms with E-state index in [-0.39, 0.29) is 0 Å². The highest BCUT2D eigenvalue weighted by molar-refractivity contribution is 5.90. The van der Waals surface area contributed by atoms with Crippen molar-refractivity contribution in [1.82, 2.24) is 4.98 Å². The normalized spacial score (nSPS) is 11.5. The number of allylic oxidation sites excluding steroid dienone is 1. The molecule has 1 nitrogen and oxygen atoms in total. The Balaban J connectivity index is 2.16. The van der Waals surface area contributed by atoms with Crippen LogP contribution in [0.25, 0.3) is 28.1 Å². The molecule has 1 N–H and O–H groups in total. The summed E-state index contributed by atoms with van der Waals surface area (Å²) in [5.41, 5.74) is 6.22. The average molecular weight is 247 g/mol. The molecule has 0 fully saturated rings. The first-order valence-corrected chi connectivity index (χ1v) is 6.60. The standard InChI is InChI=1S/C18H17N/c1-3-7-17-13(2)16-11-10-15(12-18(16)19-17)14-8-5-4-6-9-14/h3-12,19H,1-2H3/b7-3-. The molecule has 1 aromatic heterocycles. The van der Waals surface area contributed by atoms with Crippen LogP contribution in [0.2, 0.25) is 0 Å². The van der Waals surface area contributed by atoms with E-state index in [2.05, 4.69) is 66.5 Å². The third-order valence-electron chi connectivity index (χ3n) is 3.54. The highest BCUT2D eigenvalue weighted by atomic mass is 14.7. The Morgan fingerprint density at radius 1 is 0.947 bits per heavy atom. The number of benzene rings is 2. The summed E-state index contributed by atoms with van der Waals surface area (Å²) >= 11 is 0. The Hall–Kier alpha value is -2.28. The van der Waals surface area contributed by atoms with Gasteiger partial charge in [0.05, 0.1) is 0 Å². The molecule has 19 heavy (non-hydrogen) atoms. The van der Waals surface area contributed by atoms with Gasteiger partial charge in [0, 0.05) is 16.6 Å². The second kappa shape index (κ2) is 4.77. The average Bonchev–Trinajstić information content (AvgIpc) is 2.76. The van der Waals surface area contributed by atoms with Crippen molar-refractivity contribution in [2.45, 2.75) is 13.8 Å². The number of H-pyrrole nitrogens is 1. The summed E-state index contributed by atoms with van der Waals surface area (Å²) in [6, 6.07) is 17.1. The lowest BCUT2D eigenvalue weighted by molar-refractivity contribution is 1.37. The van der Waals surface area contributed by atoms with Crippen molar-refractivity contribution in [3.05, 3.63) is 65.9 Å². The fraction of sp³-hybridized carbons (Fsp3) is 0.111. The van der Waals surface area contributed by atoms with E-state index in [1.807, 2.05) is 13.0 Å². The minimum Gasteiger partial charge on any atom is -0.355 e. The van der Waals surface area contributed by atoms with Crippen molar-refractivity contribution in [2.75, 3.05) is 0 Å². The number of hydrogen-bond acceptors (Lipinski definition) is 0. The summed E-state index contributed by atoms with van der Waals surface area (Å²) in [6.07, 6.45) is 4.19. The molecular formula is C18H17N. The molecule has 0 aliphatic heterocycles. The molecule has 3 rings (SSSR count). The summed E-state index contributed by atoms with van der Waals surface area (Å²) in [4.78, 5) is 3.49. The Bertz CT molecular complexity index is 733. The van der Waals surface area contributed by atoms with Crippen LogP contribution in [-0.2, 0) is 0 Å². The lowest BCUT2D eigenvalue weighted by atomic mass is 10.0. The van der Waals surface area contributed by atoms with Gasteiger partial charge in [-0.15, -0.1) is 0 Å². The minimum absolute atomic E-state index is 1.20. The molecule has 94 valence electrons. The summed E-state index contributed by atoms with van der Waals surface area (Å²) in [6.45, 7) is 4.21. The second-order valence-electron chi connectivity index (χ2n) is 4.79. The molecule has 0 saturated carbocycles. The van der Waals surface area contributed by atoms with Crippen LogP contribution in [0.1, 0.15) is 18.2 Å². The van der Waals surface area contributed by atoms with Crippen molar-refractivity contribution >= 4 is 17.0 Å². The van der Waals surface area contributed by atoms with Crippen molar-refractivity contribution in [1.29, 1.82) is 0 Å². The SMILES string of the molecule is C/C=C\c1[nH]c2cc(-c3ccccc3)ccc2c1C. The van der Waals surface area contributed by atoms with Gasteiger partial charge in [-0.05, 0) is 42.7 Å². The molecule has 1 heterocycles. The van der Waals surface area contributed by atoms with Gasteiger partial charge < -0.3 is 4.98 Å². The molecule has 0 atom stereocenters. The van der Waals surface area contributed by atoms with E-state index < -0.39 is 0 Å². The Morgan fingerprint density at radius 3 is 2.47 bits per heavy atom. The quantitative estimate of drug-likeness (QED) is 0.642. The summed E-state index contributed by atoms with van der Waals surface area (Å²) in [5.74, 6) is 0. The van der Waals surface area contributed by atoms with Gasteiger partial charge in [0.1, 0.15) is 0 Å². The maximum atomic E-state index is 3.49. The Kier molecular flexibility index (Phi) is 2.96. The second-order valence-corrected chi connectivity index (χ2v) is 4.79.